The predicted molar refractivity (Wildman–Crippen MR) is 127 cm³/mol. The number of rotatable bonds is 4. The number of halogens is 1. The van der Waals surface area contributed by atoms with Crippen LogP contribution in [0.25, 0.3) is 10.9 Å². The van der Waals surface area contributed by atoms with Crippen LogP contribution in [0.15, 0.2) is 53.4 Å². The van der Waals surface area contributed by atoms with E-state index < -0.39 is 17.9 Å². The van der Waals surface area contributed by atoms with E-state index in [0.29, 0.717) is 21.6 Å². The molecule has 1 saturated carbocycles. The quantitative estimate of drug-likeness (QED) is 0.444. The van der Waals surface area contributed by atoms with E-state index in [1.54, 1.807) is 30.3 Å². The van der Waals surface area contributed by atoms with Crippen LogP contribution >= 0.6 is 23.4 Å². The summed E-state index contributed by atoms with van der Waals surface area (Å²) in [5, 5.41) is 4.21. The molecule has 5 rings (SSSR count). The first kappa shape index (κ1) is 21.1. The van der Waals surface area contributed by atoms with Crippen molar-refractivity contribution in [3.05, 3.63) is 59.2 Å². The molecular weight excluding hydrogens is 446 g/mol. The van der Waals surface area contributed by atoms with Gasteiger partial charge in [-0.3, -0.25) is 23.9 Å². The van der Waals surface area contributed by atoms with Crippen molar-refractivity contribution in [1.29, 1.82) is 0 Å². The third kappa shape index (κ3) is 3.49. The number of nitrogens with one attached hydrogen (secondary N) is 1. The number of nitrogens with zero attached hydrogens (tertiary/aromatic N) is 2. The van der Waals surface area contributed by atoms with Crippen LogP contribution in [0.5, 0.6) is 0 Å². The highest BCUT2D eigenvalue weighted by Crippen LogP contribution is 2.33. The Labute approximate surface area is 194 Å². The molecule has 2 amide bonds. The average molecular weight is 468 g/mol. The number of thioether (sulfide) groups is 1. The molecule has 1 unspecified atom stereocenters. The summed E-state index contributed by atoms with van der Waals surface area (Å²) in [5.74, 6) is -1.27. The molecule has 2 aromatic carbocycles. The van der Waals surface area contributed by atoms with Crippen LogP contribution in [-0.2, 0) is 4.79 Å². The van der Waals surface area contributed by atoms with E-state index in [1.807, 2.05) is 24.5 Å². The minimum atomic E-state index is -1.28. The molecule has 2 aliphatic rings. The number of hydrogen-bond acceptors (Lipinski definition) is 4. The van der Waals surface area contributed by atoms with Crippen molar-refractivity contribution < 1.29 is 14.4 Å². The van der Waals surface area contributed by atoms with Crippen LogP contribution in [0.1, 0.15) is 41.0 Å². The number of fused-ring (bicyclic) bond motifs is 3. The molecule has 32 heavy (non-hydrogen) atoms. The lowest BCUT2D eigenvalue weighted by Crippen LogP contribution is -2.60. The smallest absolute Gasteiger partial charge is 0.276 e. The van der Waals surface area contributed by atoms with Crippen molar-refractivity contribution in [1.82, 2.24) is 9.88 Å². The molecule has 1 N–H and O–H groups in total. The topological polar surface area (TPSA) is 71.4 Å². The largest absolute Gasteiger partial charge is 0.351 e. The monoisotopic (exact) mass is 467 g/mol. The van der Waals surface area contributed by atoms with Crippen molar-refractivity contribution in [2.75, 3.05) is 11.2 Å². The summed E-state index contributed by atoms with van der Waals surface area (Å²) < 4.78 is 1.36. The molecular formula is C24H22ClN3O3S. The Balaban J connectivity index is 1.65. The molecule has 0 spiro atoms. The Bertz CT molecular complexity index is 1250. The van der Waals surface area contributed by atoms with Gasteiger partial charge in [-0.25, -0.2) is 0 Å². The maximum Gasteiger partial charge on any atom is 0.276 e. The van der Waals surface area contributed by atoms with Gasteiger partial charge in [-0.2, -0.15) is 0 Å². The Morgan fingerprint density at radius 2 is 1.88 bits per heavy atom. The number of hydrogen-bond donors (Lipinski definition) is 1. The van der Waals surface area contributed by atoms with Crippen LogP contribution in [0.3, 0.4) is 0 Å². The summed E-state index contributed by atoms with van der Waals surface area (Å²) in [6.45, 7) is 0. The van der Waals surface area contributed by atoms with Crippen molar-refractivity contribution in [3.63, 3.8) is 0 Å². The third-order valence-electron chi connectivity index (χ3n) is 6.20. The summed E-state index contributed by atoms with van der Waals surface area (Å²) in [6, 6.07) is 12.9. The van der Waals surface area contributed by atoms with Gasteiger partial charge in [0.25, 0.3) is 17.7 Å². The van der Waals surface area contributed by atoms with E-state index >= 15 is 0 Å². The Kier molecular flexibility index (Phi) is 5.47. The van der Waals surface area contributed by atoms with Crippen LogP contribution in [-0.4, -0.2) is 40.6 Å². The van der Waals surface area contributed by atoms with Crippen LogP contribution in [0.2, 0.25) is 5.02 Å². The van der Waals surface area contributed by atoms with Gasteiger partial charge in [0, 0.05) is 27.0 Å². The van der Waals surface area contributed by atoms with E-state index in [1.165, 1.54) is 21.2 Å². The van der Waals surface area contributed by atoms with Gasteiger partial charge < -0.3 is 5.32 Å². The number of carbonyl (C=O) groups excluding carboxylic acids is 3. The van der Waals surface area contributed by atoms with Crippen LogP contribution in [0, 0.1) is 0 Å². The number of aromatic nitrogens is 1. The lowest BCUT2D eigenvalue weighted by molar-refractivity contribution is -0.122. The van der Waals surface area contributed by atoms with Crippen molar-refractivity contribution in [2.45, 2.75) is 42.7 Å². The fraction of sp³-hybridized carbons (Fsp3) is 0.292. The molecule has 164 valence electrons. The van der Waals surface area contributed by atoms with Gasteiger partial charge in [-0.1, -0.05) is 30.5 Å². The van der Waals surface area contributed by atoms with E-state index in [4.69, 9.17) is 11.6 Å². The molecule has 0 bridgehead atoms. The SMILES string of the molecule is CSc1cccc(N2C(=O)c3cc4cc(Cl)ccc4n3C(=O)C2C(=O)NC2CCCC2)c1. The van der Waals surface area contributed by atoms with Gasteiger partial charge in [0.2, 0.25) is 0 Å². The Morgan fingerprint density at radius 3 is 2.62 bits per heavy atom. The van der Waals surface area contributed by atoms with Crippen LogP contribution in [0.4, 0.5) is 5.69 Å². The van der Waals surface area contributed by atoms with Crippen molar-refractivity contribution >= 4 is 57.7 Å². The van der Waals surface area contributed by atoms with Gasteiger partial charge in [0.15, 0.2) is 6.04 Å². The Morgan fingerprint density at radius 1 is 1.09 bits per heavy atom. The maximum atomic E-state index is 13.7. The summed E-state index contributed by atoms with van der Waals surface area (Å²) in [5.41, 5.74) is 1.32. The zero-order valence-electron chi connectivity index (χ0n) is 17.5. The zero-order chi connectivity index (χ0) is 22.4. The molecule has 1 fully saturated rings. The summed E-state index contributed by atoms with van der Waals surface area (Å²) in [6.07, 6.45) is 5.82. The van der Waals surface area contributed by atoms with Gasteiger partial charge in [0.1, 0.15) is 5.69 Å². The highest BCUT2D eigenvalue weighted by atomic mass is 35.5. The van der Waals surface area contributed by atoms with Crippen molar-refractivity contribution in [2.24, 2.45) is 0 Å². The van der Waals surface area contributed by atoms with Gasteiger partial charge in [-0.05, 0) is 61.6 Å². The van der Waals surface area contributed by atoms with E-state index in [2.05, 4.69) is 5.32 Å². The third-order valence-corrected chi connectivity index (χ3v) is 7.16. The fourth-order valence-electron chi connectivity index (χ4n) is 4.66. The van der Waals surface area contributed by atoms with Gasteiger partial charge in [-0.15, -0.1) is 11.8 Å². The summed E-state index contributed by atoms with van der Waals surface area (Å²) in [4.78, 5) is 43.1. The molecule has 1 atom stereocenters. The summed E-state index contributed by atoms with van der Waals surface area (Å²) in [7, 11) is 0. The number of amides is 2. The normalized spacial score (nSPS) is 18.9. The average Bonchev–Trinajstić information content (AvgIpc) is 3.43. The second kappa shape index (κ2) is 8.30. The maximum absolute atomic E-state index is 13.7. The molecule has 6 nitrogen and oxygen atoms in total. The molecule has 2 heterocycles. The molecule has 1 aromatic heterocycles. The highest BCUT2D eigenvalue weighted by Gasteiger charge is 2.45. The van der Waals surface area contributed by atoms with E-state index in [9.17, 15) is 14.4 Å². The van der Waals surface area contributed by atoms with E-state index in [-0.39, 0.29) is 17.6 Å². The first-order valence-electron chi connectivity index (χ1n) is 10.6. The second-order valence-electron chi connectivity index (χ2n) is 8.18. The number of benzene rings is 2. The Hall–Kier alpha value is -2.77. The lowest BCUT2D eigenvalue weighted by atomic mass is 10.1. The number of carbonyl (C=O) groups is 3. The van der Waals surface area contributed by atoms with Crippen LogP contribution < -0.4 is 10.2 Å². The van der Waals surface area contributed by atoms with E-state index in [0.717, 1.165) is 30.6 Å². The molecule has 0 saturated heterocycles. The first-order valence-corrected chi connectivity index (χ1v) is 12.2. The standard InChI is InChI=1S/C24H22ClN3O3S/c1-32-18-8-4-7-17(13-18)27-21(22(29)26-16-5-2-3-6-16)24(31)28-19-10-9-15(25)11-14(19)12-20(28)23(27)30/h4,7-13,16,21H,2-3,5-6H2,1H3,(H,26,29). The minimum Gasteiger partial charge on any atom is -0.351 e. The van der Waals surface area contributed by atoms with Crippen molar-refractivity contribution in [3.8, 4) is 0 Å². The predicted octanol–water partition coefficient (Wildman–Crippen LogP) is 4.74. The molecule has 0 radical (unpaired) electrons. The molecule has 8 heteroatoms. The molecule has 3 aromatic rings. The molecule has 1 aliphatic carbocycles. The number of anilines is 1. The highest BCUT2D eigenvalue weighted by molar-refractivity contribution is 7.98. The summed E-state index contributed by atoms with van der Waals surface area (Å²) >= 11 is 7.66. The first-order chi connectivity index (χ1) is 15.5. The fourth-order valence-corrected chi connectivity index (χ4v) is 5.29. The minimum absolute atomic E-state index is 0.0337. The van der Waals surface area contributed by atoms with Gasteiger partial charge >= 0.3 is 0 Å². The zero-order valence-corrected chi connectivity index (χ0v) is 19.1. The second-order valence-corrected chi connectivity index (χ2v) is 9.49. The lowest BCUT2D eigenvalue weighted by Gasteiger charge is -2.35. The van der Waals surface area contributed by atoms with Gasteiger partial charge in [0.05, 0.1) is 5.52 Å². The molecule has 1 aliphatic heterocycles.